The average molecular weight is 592 g/mol. The molecule has 2 aliphatic rings. The Balaban J connectivity index is 1.66. The Morgan fingerprint density at radius 1 is 0.786 bits per heavy atom. The molecule has 218 valence electrons. The fourth-order valence-electron chi connectivity index (χ4n) is 4.61. The van der Waals surface area contributed by atoms with Gasteiger partial charge in [-0.1, -0.05) is 6.07 Å². The molecule has 0 fully saturated rings. The number of amides is 1. The van der Waals surface area contributed by atoms with Gasteiger partial charge in [-0.3, -0.25) is 14.4 Å². The number of fused-ring (bicyclic) bond motifs is 6. The number of ether oxygens (including phenoxy) is 4. The summed E-state index contributed by atoms with van der Waals surface area (Å²) in [6.07, 6.45) is 0. The third-order valence-electron chi connectivity index (χ3n) is 6.80. The van der Waals surface area contributed by atoms with Gasteiger partial charge >= 0.3 is 17.9 Å². The zero-order valence-corrected chi connectivity index (χ0v) is 24.8. The molecule has 0 saturated heterocycles. The summed E-state index contributed by atoms with van der Waals surface area (Å²) in [7, 11) is 0. The van der Waals surface area contributed by atoms with E-state index in [1.807, 2.05) is 0 Å². The maximum absolute atomic E-state index is 13.4. The van der Waals surface area contributed by atoms with Crippen LogP contribution in [0, 0.1) is 10.8 Å². The van der Waals surface area contributed by atoms with Crippen LogP contribution in [0.15, 0.2) is 54.6 Å². The first-order chi connectivity index (χ1) is 19.6. The van der Waals surface area contributed by atoms with Gasteiger partial charge in [-0.05, 0) is 77.9 Å². The van der Waals surface area contributed by atoms with Gasteiger partial charge in [0.1, 0.15) is 28.9 Å². The molecule has 0 atom stereocenters. The number of hydrogen-bond donors (Lipinski definition) is 1. The molecular formula is C32H30ClNO8. The second-order valence-corrected chi connectivity index (χ2v) is 12.5. The number of carbonyl (C=O) groups excluding carboxylic acids is 4. The largest absolute Gasteiger partial charge is 0.456 e. The second-order valence-electron chi connectivity index (χ2n) is 12.2. The standard InChI is InChI=1S/C32H30ClNO8/c1-30(2,3)28(37)39-18-8-11-22-24(14-18)41-25-15-19(40-29(38)31(4,5)6)9-12-23(25)32(22)21-10-7-17(34-26(35)16-33)13-20(21)27(36)42-32/h7-15H,16H2,1-6H3,(H,34,35). The summed E-state index contributed by atoms with van der Waals surface area (Å²) in [5.41, 5.74) is -0.795. The Bertz CT molecular complexity index is 1570. The van der Waals surface area contributed by atoms with Crippen LogP contribution in [0.3, 0.4) is 0 Å². The van der Waals surface area contributed by atoms with E-state index in [0.717, 1.165) is 0 Å². The number of anilines is 1. The van der Waals surface area contributed by atoms with Gasteiger partial charge in [0.2, 0.25) is 5.91 Å². The van der Waals surface area contributed by atoms with E-state index in [2.05, 4.69) is 5.32 Å². The fourth-order valence-corrected chi connectivity index (χ4v) is 4.67. The van der Waals surface area contributed by atoms with Crippen molar-refractivity contribution in [3.05, 3.63) is 76.9 Å². The number of alkyl halides is 1. The third kappa shape index (κ3) is 5.09. The summed E-state index contributed by atoms with van der Waals surface area (Å²) in [6, 6.07) is 14.6. The van der Waals surface area contributed by atoms with Crippen molar-refractivity contribution in [1.29, 1.82) is 0 Å². The normalized spacial score (nSPS) is 14.6. The molecule has 9 nitrogen and oxygen atoms in total. The molecule has 2 aliphatic heterocycles. The molecule has 0 bridgehead atoms. The van der Waals surface area contributed by atoms with Crippen molar-refractivity contribution in [2.75, 3.05) is 11.2 Å². The number of halogens is 1. The van der Waals surface area contributed by atoms with Crippen molar-refractivity contribution in [2.45, 2.75) is 47.1 Å². The molecule has 1 N–H and O–H groups in total. The molecule has 1 spiro atoms. The maximum Gasteiger partial charge on any atom is 0.340 e. The topological polar surface area (TPSA) is 117 Å². The van der Waals surface area contributed by atoms with E-state index >= 15 is 0 Å². The number of esters is 3. The molecule has 0 saturated carbocycles. The molecule has 1 amide bonds. The Hall–Kier alpha value is -4.37. The quantitative estimate of drug-likeness (QED) is 0.212. The van der Waals surface area contributed by atoms with E-state index in [-0.39, 0.29) is 34.4 Å². The summed E-state index contributed by atoms with van der Waals surface area (Å²) in [5, 5.41) is 2.65. The zero-order valence-electron chi connectivity index (χ0n) is 24.0. The average Bonchev–Trinajstić information content (AvgIpc) is 3.19. The van der Waals surface area contributed by atoms with Crippen molar-refractivity contribution in [3.8, 4) is 23.0 Å². The Morgan fingerprint density at radius 3 is 1.76 bits per heavy atom. The number of hydrogen-bond acceptors (Lipinski definition) is 8. The van der Waals surface area contributed by atoms with Crippen LogP contribution in [0.1, 0.15) is 68.6 Å². The van der Waals surface area contributed by atoms with Gasteiger partial charge < -0.3 is 24.3 Å². The van der Waals surface area contributed by atoms with Gasteiger partial charge in [0.15, 0.2) is 5.60 Å². The lowest BCUT2D eigenvalue weighted by Gasteiger charge is -2.36. The number of nitrogens with one attached hydrogen (secondary N) is 1. The van der Waals surface area contributed by atoms with E-state index in [9.17, 15) is 19.2 Å². The van der Waals surface area contributed by atoms with E-state index in [1.165, 1.54) is 6.07 Å². The van der Waals surface area contributed by atoms with Crippen LogP contribution in [0.2, 0.25) is 0 Å². The zero-order chi connectivity index (χ0) is 30.6. The molecular weight excluding hydrogens is 562 g/mol. The van der Waals surface area contributed by atoms with Gasteiger partial charge in [0.05, 0.1) is 16.4 Å². The molecule has 3 aromatic carbocycles. The minimum Gasteiger partial charge on any atom is -0.456 e. The van der Waals surface area contributed by atoms with Crippen LogP contribution >= 0.6 is 11.6 Å². The molecule has 3 aromatic rings. The lowest BCUT2D eigenvalue weighted by atomic mass is 9.77. The monoisotopic (exact) mass is 591 g/mol. The van der Waals surface area contributed by atoms with Gasteiger partial charge in [-0.15, -0.1) is 11.6 Å². The first-order valence-corrected chi connectivity index (χ1v) is 13.8. The van der Waals surface area contributed by atoms with Gasteiger partial charge in [-0.25, -0.2) is 4.79 Å². The van der Waals surface area contributed by atoms with E-state index in [1.54, 1.807) is 90.1 Å². The molecule has 2 heterocycles. The number of rotatable bonds is 4. The number of carbonyl (C=O) groups is 4. The molecule has 42 heavy (non-hydrogen) atoms. The van der Waals surface area contributed by atoms with Crippen molar-refractivity contribution >= 4 is 41.1 Å². The first-order valence-electron chi connectivity index (χ1n) is 13.3. The summed E-state index contributed by atoms with van der Waals surface area (Å²) >= 11 is 5.63. The molecule has 5 rings (SSSR count). The summed E-state index contributed by atoms with van der Waals surface area (Å²) < 4.78 is 23.7. The highest BCUT2D eigenvalue weighted by molar-refractivity contribution is 6.29. The highest BCUT2D eigenvalue weighted by Gasteiger charge is 2.54. The van der Waals surface area contributed by atoms with Crippen LogP contribution in [0.5, 0.6) is 23.0 Å². The molecule has 0 aromatic heterocycles. The third-order valence-corrected chi connectivity index (χ3v) is 7.04. The van der Waals surface area contributed by atoms with Crippen molar-refractivity contribution < 1.29 is 38.1 Å². The Labute approximate surface area is 248 Å². The van der Waals surface area contributed by atoms with E-state index in [0.29, 0.717) is 22.4 Å². The summed E-state index contributed by atoms with van der Waals surface area (Å²) in [4.78, 5) is 50.4. The van der Waals surface area contributed by atoms with Crippen LogP contribution in [0.4, 0.5) is 5.69 Å². The predicted octanol–water partition coefficient (Wildman–Crippen LogP) is 6.33. The Morgan fingerprint density at radius 2 is 1.29 bits per heavy atom. The highest BCUT2D eigenvalue weighted by atomic mass is 35.5. The van der Waals surface area contributed by atoms with Crippen molar-refractivity contribution in [1.82, 2.24) is 0 Å². The van der Waals surface area contributed by atoms with Crippen molar-refractivity contribution in [2.24, 2.45) is 10.8 Å². The maximum atomic E-state index is 13.4. The molecule has 10 heteroatoms. The molecule has 0 unspecified atom stereocenters. The highest BCUT2D eigenvalue weighted by Crippen LogP contribution is 2.57. The van der Waals surface area contributed by atoms with Gasteiger partial charge in [-0.2, -0.15) is 0 Å². The summed E-state index contributed by atoms with van der Waals surface area (Å²) in [5.74, 6) is -1.11. The minimum atomic E-state index is -1.44. The minimum absolute atomic E-state index is 0.242. The Kier molecular flexibility index (Phi) is 7.05. The van der Waals surface area contributed by atoms with Crippen LogP contribution < -0.4 is 19.5 Å². The van der Waals surface area contributed by atoms with E-state index < -0.39 is 40.2 Å². The van der Waals surface area contributed by atoms with Gasteiger partial charge in [0.25, 0.3) is 0 Å². The van der Waals surface area contributed by atoms with Gasteiger partial charge in [0, 0.05) is 34.5 Å². The fraction of sp³-hybridized carbons (Fsp3) is 0.312. The molecule has 0 radical (unpaired) electrons. The van der Waals surface area contributed by atoms with Crippen LogP contribution in [-0.4, -0.2) is 29.7 Å². The van der Waals surface area contributed by atoms with Crippen LogP contribution in [0.25, 0.3) is 0 Å². The molecule has 0 aliphatic carbocycles. The first kappa shape index (κ1) is 29.1. The second kappa shape index (κ2) is 10.2. The van der Waals surface area contributed by atoms with E-state index in [4.69, 9.17) is 30.5 Å². The van der Waals surface area contributed by atoms with Crippen molar-refractivity contribution in [3.63, 3.8) is 0 Å². The number of benzene rings is 3. The summed E-state index contributed by atoms with van der Waals surface area (Å²) in [6.45, 7) is 10.5. The SMILES string of the molecule is CC(C)(C)C(=O)Oc1ccc2c(c1)Oc1cc(OC(=O)C(C)(C)C)ccc1C21OC(=O)c2cc(NC(=O)CCl)ccc21. The lowest BCUT2D eigenvalue weighted by molar-refractivity contribution is -0.143. The lowest BCUT2D eigenvalue weighted by Crippen LogP contribution is -2.33. The smallest absolute Gasteiger partial charge is 0.340 e. The van der Waals surface area contributed by atoms with Crippen LogP contribution in [-0.2, 0) is 24.7 Å². The predicted molar refractivity (Wildman–Crippen MR) is 154 cm³/mol.